The molecule has 1 unspecified atom stereocenters. The lowest BCUT2D eigenvalue weighted by Crippen LogP contribution is -2.51. The number of thioether (sulfide) groups is 1. The number of aliphatic hydroxyl groups is 1. The molecule has 1 aliphatic heterocycles. The third-order valence-corrected chi connectivity index (χ3v) is 5.31. The van der Waals surface area contributed by atoms with E-state index in [9.17, 15) is 5.11 Å². The van der Waals surface area contributed by atoms with Crippen molar-refractivity contribution in [1.29, 1.82) is 0 Å². The molecule has 8 heteroatoms. The van der Waals surface area contributed by atoms with Crippen molar-refractivity contribution in [3.8, 4) is 0 Å². The number of rotatable bonds is 9. The van der Waals surface area contributed by atoms with Crippen LogP contribution >= 0.6 is 11.8 Å². The molecule has 0 saturated carbocycles. The van der Waals surface area contributed by atoms with Crippen molar-refractivity contribution < 1.29 is 9.52 Å². The summed E-state index contributed by atoms with van der Waals surface area (Å²) in [7, 11) is 6.02. The summed E-state index contributed by atoms with van der Waals surface area (Å²) in [6.07, 6.45) is 0. The fraction of sp³-hybridized carbons (Fsp3) is 0.400. The normalized spacial score (nSPS) is 19.0. The summed E-state index contributed by atoms with van der Waals surface area (Å²) in [6, 6.07) is 14.0. The van der Waals surface area contributed by atoms with Crippen LogP contribution in [0.25, 0.3) is 0 Å². The van der Waals surface area contributed by atoms with Crippen molar-refractivity contribution >= 4 is 29.2 Å². The Morgan fingerprint density at radius 1 is 1.14 bits per heavy atom. The fourth-order valence-corrected chi connectivity index (χ4v) is 3.73. The quantitative estimate of drug-likeness (QED) is 0.498. The van der Waals surface area contributed by atoms with Crippen molar-refractivity contribution in [3.05, 3.63) is 54.0 Å². The molecule has 0 radical (unpaired) electrons. The predicted octanol–water partition coefficient (Wildman–Crippen LogP) is 2.48. The van der Waals surface area contributed by atoms with Crippen LogP contribution in [0.1, 0.15) is 11.5 Å². The number of para-hydroxylation sites is 1. The third-order valence-electron chi connectivity index (χ3n) is 4.33. The summed E-state index contributed by atoms with van der Waals surface area (Å²) in [5.41, 5.74) is 0.994. The first kappa shape index (κ1) is 20.6. The van der Waals surface area contributed by atoms with E-state index < -0.39 is 0 Å². The number of aliphatic hydroxyl groups excluding tert-OH is 1. The summed E-state index contributed by atoms with van der Waals surface area (Å²) < 4.78 is 6.03. The number of hydrogen-bond acceptors (Lipinski definition) is 7. The highest BCUT2D eigenvalue weighted by atomic mass is 32.2. The van der Waals surface area contributed by atoms with Gasteiger partial charge in [0.25, 0.3) is 0 Å². The molecule has 0 fully saturated rings. The molecule has 1 aliphatic rings. The minimum Gasteiger partial charge on any atom is -0.464 e. The lowest BCUT2D eigenvalue weighted by atomic mass is 10.3. The summed E-state index contributed by atoms with van der Waals surface area (Å²) in [5.74, 6) is 4.89. The first-order valence-corrected chi connectivity index (χ1v) is 10.4. The third kappa shape index (κ3) is 5.02. The van der Waals surface area contributed by atoms with Gasteiger partial charge in [-0.25, -0.2) is 0 Å². The Morgan fingerprint density at radius 3 is 2.61 bits per heavy atom. The summed E-state index contributed by atoms with van der Waals surface area (Å²) in [6.45, 7) is 1.40. The number of nitrogens with one attached hydrogen (secondary N) is 1. The smallest absolute Gasteiger partial charge is 0.336 e. The molecule has 28 heavy (non-hydrogen) atoms. The molecular formula is C20H28N5O2S+. The van der Waals surface area contributed by atoms with Crippen LogP contribution in [0.3, 0.4) is 0 Å². The SMILES string of the molecule is CN(C)Cc1ccc(CSCCNC2=NC(CO)=N[N+]2(C)c2ccccc2)o1. The van der Waals surface area contributed by atoms with E-state index in [0.29, 0.717) is 5.84 Å². The van der Waals surface area contributed by atoms with E-state index in [-0.39, 0.29) is 11.2 Å². The van der Waals surface area contributed by atoms with Gasteiger partial charge in [0.1, 0.15) is 25.2 Å². The maximum absolute atomic E-state index is 9.46. The van der Waals surface area contributed by atoms with E-state index in [1.54, 1.807) is 11.8 Å². The first-order chi connectivity index (χ1) is 13.5. The fourth-order valence-electron chi connectivity index (χ4n) is 2.98. The zero-order valence-corrected chi connectivity index (χ0v) is 17.4. The maximum Gasteiger partial charge on any atom is 0.336 e. The molecule has 1 atom stereocenters. The highest BCUT2D eigenvalue weighted by Crippen LogP contribution is 2.25. The van der Waals surface area contributed by atoms with Crippen molar-refractivity contribution in [2.45, 2.75) is 12.3 Å². The van der Waals surface area contributed by atoms with Crippen molar-refractivity contribution in [1.82, 2.24) is 14.8 Å². The second kappa shape index (κ2) is 9.38. The van der Waals surface area contributed by atoms with E-state index in [1.165, 1.54) is 0 Å². The van der Waals surface area contributed by atoms with Crippen LogP contribution in [-0.4, -0.2) is 61.8 Å². The number of furan rings is 1. The molecule has 3 rings (SSSR count). The molecule has 7 nitrogen and oxygen atoms in total. The van der Waals surface area contributed by atoms with Gasteiger partial charge in [-0.05, 0) is 26.2 Å². The van der Waals surface area contributed by atoms with E-state index >= 15 is 0 Å². The van der Waals surface area contributed by atoms with Gasteiger partial charge in [0.05, 0.1) is 12.3 Å². The Bertz CT molecular complexity index is 834. The van der Waals surface area contributed by atoms with Gasteiger partial charge in [-0.15, -0.1) is 4.59 Å². The molecule has 2 N–H and O–H groups in total. The van der Waals surface area contributed by atoms with E-state index in [4.69, 9.17) is 4.42 Å². The minimum absolute atomic E-state index is 0.172. The average Bonchev–Trinajstić information content (AvgIpc) is 3.26. The van der Waals surface area contributed by atoms with Crippen LogP contribution in [0.15, 0.2) is 57.0 Å². The van der Waals surface area contributed by atoms with Gasteiger partial charge in [0, 0.05) is 24.4 Å². The summed E-state index contributed by atoms with van der Waals surface area (Å²) in [4.78, 5) is 6.56. The van der Waals surface area contributed by atoms with Crippen LogP contribution in [0.2, 0.25) is 0 Å². The van der Waals surface area contributed by atoms with Crippen LogP contribution in [0.4, 0.5) is 5.69 Å². The zero-order chi connectivity index (χ0) is 20.0. The van der Waals surface area contributed by atoms with Gasteiger partial charge in [0.15, 0.2) is 5.69 Å². The van der Waals surface area contributed by atoms with Gasteiger partial charge in [-0.3, -0.25) is 0 Å². The molecule has 0 aliphatic carbocycles. The Hall–Kier alpha value is -2.13. The monoisotopic (exact) mass is 402 g/mol. The lowest BCUT2D eigenvalue weighted by molar-refractivity contribution is 0.344. The zero-order valence-electron chi connectivity index (χ0n) is 16.6. The Kier molecular flexibility index (Phi) is 6.90. The van der Waals surface area contributed by atoms with Crippen LogP contribution in [0, 0.1) is 0 Å². The minimum atomic E-state index is -0.172. The van der Waals surface area contributed by atoms with Crippen molar-refractivity contribution in [2.75, 3.05) is 40.0 Å². The summed E-state index contributed by atoms with van der Waals surface area (Å²) in [5, 5.41) is 17.4. The van der Waals surface area contributed by atoms with Crippen LogP contribution < -0.4 is 9.91 Å². The topological polar surface area (TPSA) is 73.4 Å². The van der Waals surface area contributed by atoms with Crippen LogP contribution in [0.5, 0.6) is 0 Å². The summed E-state index contributed by atoms with van der Waals surface area (Å²) >= 11 is 1.81. The number of benzene rings is 1. The van der Waals surface area contributed by atoms with Crippen molar-refractivity contribution in [2.24, 2.45) is 10.1 Å². The van der Waals surface area contributed by atoms with Crippen LogP contribution in [-0.2, 0) is 12.3 Å². The number of quaternary nitrogens is 1. The predicted molar refractivity (Wildman–Crippen MR) is 116 cm³/mol. The van der Waals surface area contributed by atoms with E-state index in [0.717, 1.165) is 47.8 Å². The molecule has 0 amide bonds. The van der Waals surface area contributed by atoms with Gasteiger partial charge in [-0.2, -0.15) is 16.8 Å². The van der Waals surface area contributed by atoms with Gasteiger partial charge < -0.3 is 19.7 Å². The second-order valence-electron chi connectivity index (χ2n) is 6.99. The van der Waals surface area contributed by atoms with Gasteiger partial charge >= 0.3 is 5.96 Å². The first-order valence-electron chi connectivity index (χ1n) is 9.26. The Labute approximate surface area is 170 Å². The molecule has 2 aromatic rings. The molecular weight excluding hydrogens is 374 g/mol. The number of guanidine groups is 1. The molecule has 150 valence electrons. The highest BCUT2D eigenvalue weighted by Gasteiger charge is 2.38. The Balaban J connectivity index is 1.50. The molecule has 0 saturated heterocycles. The molecule has 0 spiro atoms. The number of amidine groups is 1. The second-order valence-corrected chi connectivity index (χ2v) is 8.09. The van der Waals surface area contributed by atoms with Gasteiger partial charge in [-0.1, -0.05) is 23.3 Å². The Morgan fingerprint density at radius 2 is 1.89 bits per heavy atom. The lowest BCUT2D eigenvalue weighted by Gasteiger charge is -2.24. The maximum atomic E-state index is 9.46. The standard InChI is InChI=1S/C20H28N5O2S/c1-24(2)13-17-9-10-18(27-17)15-28-12-11-21-20-22-19(14-26)23-25(20,3)16-7-5-4-6-8-16/h4-10,26H,11-15H2,1-3H3,(H,21,22,23)/q+1. The number of nitrogens with zero attached hydrogens (tertiary/aromatic N) is 4. The van der Waals surface area contributed by atoms with Gasteiger partial charge in [0.2, 0.25) is 5.84 Å². The van der Waals surface area contributed by atoms with E-state index in [2.05, 4.69) is 20.3 Å². The average molecular weight is 403 g/mol. The molecule has 1 aromatic heterocycles. The van der Waals surface area contributed by atoms with E-state index in [1.807, 2.05) is 63.6 Å². The number of aliphatic imine (C=N–C) groups is 1. The molecule has 2 heterocycles. The molecule has 0 bridgehead atoms. The largest absolute Gasteiger partial charge is 0.464 e. The number of hydrogen-bond donors (Lipinski definition) is 2. The highest BCUT2D eigenvalue weighted by molar-refractivity contribution is 7.98. The van der Waals surface area contributed by atoms with Crippen molar-refractivity contribution in [3.63, 3.8) is 0 Å². The molecule has 1 aromatic carbocycles.